The second-order valence-corrected chi connectivity index (χ2v) is 8.73. The molecule has 5 heteroatoms. The summed E-state index contributed by atoms with van der Waals surface area (Å²) in [5, 5.41) is 3.11. The number of unbranched alkanes of at least 4 members (excludes halogenated alkanes) is 2. The Morgan fingerprint density at radius 3 is 2.61 bits per heavy atom. The van der Waals surface area contributed by atoms with Gasteiger partial charge >= 0.3 is 0 Å². The Bertz CT molecular complexity index is 598. The Morgan fingerprint density at radius 2 is 2.00 bits per heavy atom. The molecule has 1 saturated heterocycles. The quantitative estimate of drug-likeness (QED) is 0.741. The van der Waals surface area contributed by atoms with E-state index in [1.165, 1.54) is 0 Å². The zero-order valence-electron chi connectivity index (χ0n) is 13.8. The second kappa shape index (κ2) is 8.48. The predicted molar refractivity (Wildman–Crippen MR) is 92.8 cm³/mol. The first kappa shape index (κ1) is 18.0. The lowest BCUT2D eigenvalue weighted by Crippen LogP contribution is -2.30. The van der Waals surface area contributed by atoms with Gasteiger partial charge in [0.05, 0.1) is 17.5 Å². The molecule has 1 aromatic carbocycles. The summed E-state index contributed by atoms with van der Waals surface area (Å²) in [6.07, 6.45) is 5.23. The van der Waals surface area contributed by atoms with E-state index >= 15 is 0 Å². The molecule has 1 heterocycles. The van der Waals surface area contributed by atoms with Gasteiger partial charge in [0, 0.05) is 6.42 Å². The van der Waals surface area contributed by atoms with Crippen molar-refractivity contribution in [1.82, 2.24) is 5.32 Å². The smallest absolute Gasteiger partial charge is 0.220 e. The number of sulfone groups is 1. The van der Waals surface area contributed by atoms with Gasteiger partial charge in [-0.05, 0) is 24.3 Å². The molecule has 0 spiro atoms. The topological polar surface area (TPSA) is 63.2 Å². The zero-order valence-corrected chi connectivity index (χ0v) is 14.6. The summed E-state index contributed by atoms with van der Waals surface area (Å²) in [6.45, 7) is 2.16. The average molecular weight is 337 g/mol. The minimum absolute atomic E-state index is 0.0212. The van der Waals surface area contributed by atoms with Gasteiger partial charge in [-0.25, -0.2) is 8.42 Å². The molecule has 2 atom stereocenters. The number of hydrogen-bond acceptors (Lipinski definition) is 3. The third-order valence-corrected chi connectivity index (χ3v) is 6.27. The van der Waals surface area contributed by atoms with Crippen molar-refractivity contribution in [1.29, 1.82) is 0 Å². The molecule has 2 rings (SSSR count). The van der Waals surface area contributed by atoms with Crippen LogP contribution in [0, 0.1) is 5.92 Å². The van der Waals surface area contributed by atoms with E-state index < -0.39 is 9.84 Å². The molecule has 23 heavy (non-hydrogen) atoms. The molecule has 0 saturated carbocycles. The van der Waals surface area contributed by atoms with E-state index in [0.29, 0.717) is 12.8 Å². The van der Waals surface area contributed by atoms with Crippen LogP contribution in [0.15, 0.2) is 30.3 Å². The third kappa shape index (κ3) is 5.98. The van der Waals surface area contributed by atoms with Gasteiger partial charge in [-0.15, -0.1) is 0 Å². The lowest BCUT2D eigenvalue weighted by atomic mass is 9.99. The highest BCUT2D eigenvalue weighted by atomic mass is 32.2. The van der Waals surface area contributed by atoms with E-state index in [-0.39, 0.29) is 29.4 Å². The highest BCUT2D eigenvalue weighted by molar-refractivity contribution is 7.91. The standard InChI is InChI=1S/C18H27NO3S/c1-2-3-5-10-17(16-8-6-4-7-9-16)19-18(20)13-15-11-12-23(21,22)14-15/h4,6-9,15,17H,2-3,5,10-14H2,1H3,(H,19,20)/t15-,17-/m0/s1. The Hall–Kier alpha value is -1.36. The van der Waals surface area contributed by atoms with Crippen LogP contribution in [0.2, 0.25) is 0 Å². The first-order valence-corrected chi connectivity index (χ1v) is 10.4. The van der Waals surface area contributed by atoms with Gasteiger partial charge in [-0.3, -0.25) is 4.79 Å². The third-order valence-electron chi connectivity index (χ3n) is 4.43. The molecule has 1 fully saturated rings. The molecule has 0 bridgehead atoms. The zero-order chi connectivity index (χ0) is 16.7. The predicted octanol–water partition coefficient (Wildman–Crippen LogP) is 3.25. The van der Waals surface area contributed by atoms with Crippen LogP contribution in [0.25, 0.3) is 0 Å². The minimum Gasteiger partial charge on any atom is -0.349 e. The van der Waals surface area contributed by atoms with Gasteiger partial charge in [0.15, 0.2) is 9.84 Å². The summed E-state index contributed by atoms with van der Waals surface area (Å²) in [4.78, 5) is 12.3. The summed E-state index contributed by atoms with van der Waals surface area (Å²) < 4.78 is 23.0. The number of benzene rings is 1. The summed E-state index contributed by atoms with van der Waals surface area (Å²) in [6, 6.07) is 10.0. The van der Waals surface area contributed by atoms with E-state index in [9.17, 15) is 13.2 Å². The van der Waals surface area contributed by atoms with E-state index in [2.05, 4.69) is 12.2 Å². The fourth-order valence-electron chi connectivity index (χ4n) is 3.15. The van der Waals surface area contributed by atoms with Crippen LogP contribution in [0.5, 0.6) is 0 Å². The van der Waals surface area contributed by atoms with Crippen molar-refractivity contribution in [2.75, 3.05) is 11.5 Å². The maximum absolute atomic E-state index is 12.3. The van der Waals surface area contributed by atoms with Crippen LogP contribution in [0.4, 0.5) is 0 Å². The lowest BCUT2D eigenvalue weighted by Gasteiger charge is -2.20. The molecule has 1 N–H and O–H groups in total. The van der Waals surface area contributed by atoms with E-state index in [4.69, 9.17) is 0 Å². The first-order valence-electron chi connectivity index (χ1n) is 8.55. The fraction of sp³-hybridized carbons (Fsp3) is 0.611. The number of hydrogen-bond donors (Lipinski definition) is 1. The molecule has 1 aliphatic heterocycles. The van der Waals surface area contributed by atoms with Crippen molar-refractivity contribution in [3.63, 3.8) is 0 Å². The number of carbonyl (C=O) groups is 1. The maximum Gasteiger partial charge on any atom is 0.220 e. The molecule has 0 unspecified atom stereocenters. The fourth-order valence-corrected chi connectivity index (χ4v) is 5.02. The molecule has 128 valence electrons. The first-order chi connectivity index (χ1) is 11.0. The molecule has 0 radical (unpaired) electrons. The van der Waals surface area contributed by atoms with E-state index in [1.807, 2.05) is 30.3 Å². The van der Waals surface area contributed by atoms with Crippen LogP contribution >= 0.6 is 0 Å². The number of nitrogens with one attached hydrogen (secondary N) is 1. The molecular formula is C18H27NO3S. The normalized spacial score (nSPS) is 21.0. The molecule has 1 amide bonds. The van der Waals surface area contributed by atoms with Gasteiger partial charge in [-0.1, -0.05) is 56.5 Å². The molecule has 4 nitrogen and oxygen atoms in total. The molecular weight excluding hydrogens is 310 g/mol. The largest absolute Gasteiger partial charge is 0.349 e. The average Bonchev–Trinajstić information content (AvgIpc) is 2.86. The Morgan fingerprint density at radius 1 is 1.26 bits per heavy atom. The van der Waals surface area contributed by atoms with Crippen molar-refractivity contribution < 1.29 is 13.2 Å². The van der Waals surface area contributed by atoms with Gasteiger partial charge in [0.1, 0.15) is 0 Å². The van der Waals surface area contributed by atoms with Gasteiger partial charge in [0.2, 0.25) is 5.91 Å². The summed E-state index contributed by atoms with van der Waals surface area (Å²) in [5.41, 5.74) is 1.12. The molecule has 0 aromatic heterocycles. The summed E-state index contributed by atoms with van der Waals surface area (Å²) in [7, 11) is -2.92. The van der Waals surface area contributed by atoms with Gasteiger partial charge < -0.3 is 5.32 Å². The highest BCUT2D eigenvalue weighted by Gasteiger charge is 2.29. The van der Waals surface area contributed by atoms with Crippen molar-refractivity contribution in [3.8, 4) is 0 Å². The Kier molecular flexibility index (Phi) is 6.63. The van der Waals surface area contributed by atoms with Crippen molar-refractivity contribution >= 4 is 15.7 Å². The minimum atomic E-state index is -2.92. The monoisotopic (exact) mass is 337 g/mol. The summed E-state index contributed by atoms with van der Waals surface area (Å²) in [5.74, 6) is 0.333. The lowest BCUT2D eigenvalue weighted by molar-refractivity contribution is -0.122. The Balaban J connectivity index is 1.92. The maximum atomic E-state index is 12.3. The number of amides is 1. The van der Waals surface area contributed by atoms with Gasteiger partial charge in [0.25, 0.3) is 0 Å². The van der Waals surface area contributed by atoms with Crippen LogP contribution in [-0.4, -0.2) is 25.8 Å². The number of rotatable bonds is 8. The number of carbonyl (C=O) groups excluding carboxylic acids is 1. The highest BCUT2D eigenvalue weighted by Crippen LogP contribution is 2.24. The van der Waals surface area contributed by atoms with E-state index in [0.717, 1.165) is 31.2 Å². The SMILES string of the molecule is CCCCC[C@H](NC(=O)C[C@@H]1CCS(=O)(=O)C1)c1ccccc1. The van der Waals surface area contributed by atoms with Crippen LogP contribution < -0.4 is 5.32 Å². The molecule has 0 aliphatic carbocycles. The van der Waals surface area contributed by atoms with Crippen LogP contribution in [0.3, 0.4) is 0 Å². The van der Waals surface area contributed by atoms with Crippen LogP contribution in [-0.2, 0) is 14.6 Å². The van der Waals surface area contributed by atoms with Crippen molar-refractivity contribution in [2.45, 2.75) is 51.5 Å². The molecule has 1 aromatic rings. The van der Waals surface area contributed by atoms with Crippen LogP contribution in [0.1, 0.15) is 57.1 Å². The van der Waals surface area contributed by atoms with Crippen molar-refractivity contribution in [2.24, 2.45) is 5.92 Å². The summed E-state index contributed by atoms with van der Waals surface area (Å²) >= 11 is 0. The Labute approximate surface area is 139 Å². The van der Waals surface area contributed by atoms with Gasteiger partial charge in [-0.2, -0.15) is 0 Å². The second-order valence-electron chi connectivity index (χ2n) is 6.50. The van der Waals surface area contributed by atoms with E-state index in [1.54, 1.807) is 0 Å². The van der Waals surface area contributed by atoms with Crippen molar-refractivity contribution in [3.05, 3.63) is 35.9 Å². The molecule has 1 aliphatic rings.